The van der Waals surface area contributed by atoms with Crippen LogP contribution >= 0.6 is 0 Å². The number of amides is 1. The summed E-state index contributed by atoms with van der Waals surface area (Å²) in [5, 5.41) is 2.37. The first-order valence-electron chi connectivity index (χ1n) is 3.03. The maximum Gasteiger partial charge on any atom is 0.286 e. The van der Waals surface area contributed by atoms with Gasteiger partial charge in [0.15, 0.2) is 12.0 Å². The average Bonchev–Trinajstić information content (AvgIpc) is 2.50. The Morgan fingerprint density at radius 1 is 1.73 bits per heavy atom. The highest BCUT2D eigenvalue weighted by atomic mass is 16.3. The minimum atomic E-state index is -0.335. The highest BCUT2D eigenvalue weighted by Crippen LogP contribution is 2.04. The van der Waals surface area contributed by atoms with Crippen LogP contribution in [0, 0.1) is 0 Å². The zero-order valence-electron chi connectivity index (χ0n) is 5.96. The molecule has 1 amide bonds. The van der Waals surface area contributed by atoms with Crippen molar-refractivity contribution in [2.24, 2.45) is 0 Å². The summed E-state index contributed by atoms with van der Waals surface area (Å²) in [4.78, 5) is 21.0. The third-order valence-electron chi connectivity index (χ3n) is 1.21. The average molecular weight is 153 g/mol. The number of furan rings is 1. The quantitative estimate of drug-likeness (QED) is 0.627. The second kappa shape index (κ2) is 3.01. The lowest BCUT2D eigenvalue weighted by Crippen LogP contribution is -2.16. The molecule has 1 aromatic heterocycles. The molecule has 0 bridgehead atoms. The van der Waals surface area contributed by atoms with Gasteiger partial charge in [0.05, 0.1) is 5.56 Å². The van der Waals surface area contributed by atoms with Gasteiger partial charge >= 0.3 is 0 Å². The van der Waals surface area contributed by atoms with E-state index in [0.29, 0.717) is 11.8 Å². The van der Waals surface area contributed by atoms with Crippen molar-refractivity contribution in [2.75, 3.05) is 7.05 Å². The van der Waals surface area contributed by atoms with Gasteiger partial charge in [-0.2, -0.15) is 0 Å². The van der Waals surface area contributed by atoms with Gasteiger partial charge in [-0.1, -0.05) is 0 Å². The number of nitrogens with one attached hydrogen (secondary N) is 1. The lowest BCUT2D eigenvalue weighted by atomic mass is 10.3. The number of hydrogen-bond donors (Lipinski definition) is 1. The Balaban J connectivity index is 2.88. The standard InChI is InChI=1S/C7H7NO3/c1-8-7(10)6-2-5(3-9)4-11-6/h2-4H,1H3,(H,8,10). The predicted octanol–water partition coefficient (Wildman–Crippen LogP) is 0.452. The van der Waals surface area contributed by atoms with Crippen molar-refractivity contribution >= 4 is 12.2 Å². The van der Waals surface area contributed by atoms with Gasteiger partial charge in [0, 0.05) is 13.1 Å². The van der Waals surface area contributed by atoms with Crippen molar-refractivity contribution in [3.63, 3.8) is 0 Å². The van der Waals surface area contributed by atoms with Gasteiger partial charge in [0.2, 0.25) is 0 Å². The molecule has 0 unspecified atom stereocenters. The van der Waals surface area contributed by atoms with E-state index in [0.717, 1.165) is 0 Å². The summed E-state index contributed by atoms with van der Waals surface area (Å²) in [7, 11) is 1.49. The highest BCUT2D eigenvalue weighted by molar-refractivity contribution is 5.92. The van der Waals surface area contributed by atoms with Gasteiger partial charge in [-0.25, -0.2) is 0 Å². The molecule has 4 nitrogen and oxygen atoms in total. The number of aldehydes is 1. The predicted molar refractivity (Wildman–Crippen MR) is 37.5 cm³/mol. The molecular weight excluding hydrogens is 146 g/mol. The Morgan fingerprint density at radius 2 is 2.45 bits per heavy atom. The maximum atomic E-state index is 10.8. The zero-order valence-corrected chi connectivity index (χ0v) is 5.96. The smallest absolute Gasteiger partial charge is 0.286 e. The second-order valence-electron chi connectivity index (χ2n) is 1.94. The fraction of sp³-hybridized carbons (Fsp3) is 0.143. The van der Waals surface area contributed by atoms with Crippen molar-refractivity contribution < 1.29 is 14.0 Å². The van der Waals surface area contributed by atoms with Crippen LogP contribution in [-0.4, -0.2) is 19.2 Å². The summed E-state index contributed by atoms with van der Waals surface area (Å²) in [5.74, 6) is -0.187. The molecule has 1 heterocycles. The van der Waals surface area contributed by atoms with E-state index < -0.39 is 0 Å². The van der Waals surface area contributed by atoms with E-state index in [2.05, 4.69) is 5.32 Å². The SMILES string of the molecule is CNC(=O)c1cc(C=O)co1. The largest absolute Gasteiger partial charge is 0.458 e. The van der Waals surface area contributed by atoms with Crippen LogP contribution in [0.4, 0.5) is 0 Å². The molecule has 0 saturated heterocycles. The number of carbonyl (C=O) groups is 2. The zero-order chi connectivity index (χ0) is 8.27. The van der Waals surface area contributed by atoms with E-state index in [9.17, 15) is 9.59 Å². The van der Waals surface area contributed by atoms with Crippen LogP contribution in [0.5, 0.6) is 0 Å². The highest BCUT2D eigenvalue weighted by Gasteiger charge is 2.07. The monoisotopic (exact) mass is 153 g/mol. The third-order valence-corrected chi connectivity index (χ3v) is 1.21. The number of rotatable bonds is 2. The molecule has 58 valence electrons. The molecule has 0 fully saturated rings. The Hall–Kier alpha value is -1.58. The van der Waals surface area contributed by atoms with Crippen LogP contribution in [0.25, 0.3) is 0 Å². The van der Waals surface area contributed by atoms with Gasteiger partial charge in [-0.05, 0) is 0 Å². The topological polar surface area (TPSA) is 59.3 Å². The summed E-state index contributed by atoms with van der Waals surface area (Å²) < 4.78 is 4.76. The van der Waals surface area contributed by atoms with Crippen LogP contribution in [0.15, 0.2) is 16.7 Å². The minimum absolute atomic E-state index is 0.148. The van der Waals surface area contributed by atoms with Crippen LogP contribution in [-0.2, 0) is 0 Å². The molecule has 0 atom stereocenters. The molecule has 11 heavy (non-hydrogen) atoms. The van der Waals surface area contributed by atoms with Crippen LogP contribution < -0.4 is 5.32 Å². The van der Waals surface area contributed by atoms with Crippen molar-refractivity contribution in [2.45, 2.75) is 0 Å². The first-order valence-corrected chi connectivity index (χ1v) is 3.03. The summed E-state index contributed by atoms with van der Waals surface area (Å²) >= 11 is 0. The maximum absolute atomic E-state index is 10.8. The molecule has 1 rings (SSSR count). The molecule has 1 aromatic rings. The Morgan fingerprint density at radius 3 is 2.91 bits per heavy atom. The molecule has 4 heteroatoms. The first-order chi connectivity index (χ1) is 5.27. The van der Waals surface area contributed by atoms with Gasteiger partial charge < -0.3 is 9.73 Å². The van der Waals surface area contributed by atoms with Gasteiger partial charge in [-0.15, -0.1) is 0 Å². The lowest BCUT2D eigenvalue weighted by Gasteiger charge is -1.90. The summed E-state index contributed by atoms with van der Waals surface area (Å²) in [6.07, 6.45) is 1.85. The fourth-order valence-electron chi connectivity index (χ4n) is 0.655. The molecule has 0 aliphatic heterocycles. The fourth-order valence-corrected chi connectivity index (χ4v) is 0.655. The Bertz CT molecular complexity index is 277. The molecule has 0 aliphatic rings. The van der Waals surface area contributed by atoms with Crippen molar-refractivity contribution in [1.29, 1.82) is 0 Å². The number of hydrogen-bond acceptors (Lipinski definition) is 3. The molecule has 0 aromatic carbocycles. The van der Waals surface area contributed by atoms with E-state index in [1.165, 1.54) is 19.4 Å². The molecular formula is C7H7NO3. The van der Waals surface area contributed by atoms with Gasteiger partial charge in [0.25, 0.3) is 5.91 Å². The van der Waals surface area contributed by atoms with Crippen molar-refractivity contribution in [3.05, 3.63) is 23.7 Å². The van der Waals surface area contributed by atoms with Crippen LogP contribution in [0.1, 0.15) is 20.9 Å². The summed E-state index contributed by atoms with van der Waals surface area (Å²) in [6.45, 7) is 0. The normalized spacial score (nSPS) is 9.18. The molecule has 1 N–H and O–H groups in total. The summed E-state index contributed by atoms with van der Waals surface area (Å²) in [5.41, 5.74) is 0.364. The molecule has 0 saturated carbocycles. The van der Waals surface area contributed by atoms with Crippen LogP contribution in [0.2, 0.25) is 0 Å². The van der Waals surface area contributed by atoms with Crippen LogP contribution in [0.3, 0.4) is 0 Å². The van der Waals surface area contributed by atoms with E-state index >= 15 is 0 Å². The van der Waals surface area contributed by atoms with E-state index in [1.54, 1.807) is 0 Å². The van der Waals surface area contributed by atoms with Crippen molar-refractivity contribution in [3.8, 4) is 0 Å². The third kappa shape index (κ3) is 1.46. The van der Waals surface area contributed by atoms with Crippen molar-refractivity contribution in [1.82, 2.24) is 5.32 Å². The lowest BCUT2D eigenvalue weighted by molar-refractivity contribution is 0.0935. The molecule has 0 aliphatic carbocycles. The molecule has 0 radical (unpaired) electrons. The second-order valence-corrected chi connectivity index (χ2v) is 1.94. The Labute approximate surface area is 63.2 Å². The molecule has 0 spiro atoms. The number of carbonyl (C=O) groups excluding carboxylic acids is 2. The van der Waals surface area contributed by atoms with E-state index in [1.807, 2.05) is 0 Å². The van der Waals surface area contributed by atoms with Gasteiger partial charge in [-0.3, -0.25) is 9.59 Å². The van der Waals surface area contributed by atoms with E-state index in [4.69, 9.17) is 4.42 Å². The Kier molecular flexibility index (Phi) is 2.06. The first kappa shape index (κ1) is 7.53. The van der Waals surface area contributed by atoms with Gasteiger partial charge in [0.1, 0.15) is 6.26 Å². The minimum Gasteiger partial charge on any atom is -0.458 e. The van der Waals surface area contributed by atoms with E-state index in [-0.39, 0.29) is 11.7 Å². The summed E-state index contributed by atoms with van der Waals surface area (Å²) in [6, 6.07) is 1.38.